The number of carbonyl (C=O) groups is 1. The number of hydrogen-bond acceptors (Lipinski definition) is 8. The van der Waals surface area contributed by atoms with Gasteiger partial charge in [0.2, 0.25) is 5.95 Å². The lowest BCUT2D eigenvalue weighted by molar-refractivity contribution is -0.0961. The SMILES string of the molecule is NC(=O)c1cnc(Nc2ccc3c(c2)NCCCO3)nc1NC12CC3CC(C1)C(O)C(C3)C2. The predicted molar refractivity (Wildman–Crippen MR) is 125 cm³/mol. The molecule has 2 unspecified atom stereocenters. The highest BCUT2D eigenvalue weighted by atomic mass is 16.5. The average molecular weight is 451 g/mol. The van der Waals surface area contributed by atoms with E-state index in [0.717, 1.165) is 62.2 Å². The minimum atomic E-state index is -0.555. The quantitative estimate of drug-likeness (QED) is 0.469. The molecule has 5 aliphatic rings. The maximum atomic E-state index is 12.1. The van der Waals surface area contributed by atoms with Gasteiger partial charge in [0.1, 0.15) is 11.6 Å². The zero-order chi connectivity index (χ0) is 22.6. The van der Waals surface area contributed by atoms with Gasteiger partial charge in [0.15, 0.2) is 0 Å². The molecule has 4 bridgehead atoms. The molecule has 33 heavy (non-hydrogen) atoms. The molecular weight excluding hydrogens is 420 g/mol. The topological polar surface area (TPSA) is 134 Å². The number of ether oxygens (including phenoxy) is 1. The number of nitrogens with one attached hydrogen (secondary N) is 3. The number of nitrogens with zero attached hydrogens (tertiary/aromatic N) is 2. The van der Waals surface area contributed by atoms with E-state index in [0.29, 0.717) is 36.1 Å². The number of primary amides is 1. The number of carbonyl (C=O) groups excluding carboxylic acids is 1. The van der Waals surface area contributed by atoms with Crippen molar-refractivity contribution in [3.05, 3.63) is 30.0 Å². The number of fused-ring (bicyclic) bond motifs is 1. The van der Waals surface area contributed by atoms with Crippen LogP contribution < -0.4 is 26.4 Å². The third-order valence-corrected chi connectivity index (χ3v) is 7.79. The van der Waals surface area contributed by atoms with Crippen LogP contribution in [-0.2, 0) is 0 Å². The number of rotatable bonds is 5. The molecule has 1 aromatic carbocycles. The van der Waals surface area contributed by atoms with Crippen LogP contribution in [-0.4, -0.2) is 45.8 Å². The standard InChI is InChI=1S/C24H30N6O3/c25-21(32)17-12-27-23(28-16-2-3-19-18(8-16)26-4-1-5-33-19)29-22(17)30-24-9-13-6-14(10-24)20(31)15(7-13)11-24/h2-3,8,12-15,20,26,31H,1,4-7,9-11H2,(H2,25,32)(H2,27,28,29,30). The second kappa shape index (κ2) is 7.76. The fraction of sp³-hybridized carbons (Fsp3) is 0.542. The van der Waals surface area contributed by atoms with Gasteiger partial charge < -0.3 is 31.5 Å². The zero-order valence-electron chi connectivity index (χ0n) is 18.5. The first kappa shape index (κ1) is 20.5. The van der Waals surface area contributed by atoms with Crippen molar-refractivity contribution < 1.29 is 14.6 Å². The Hall–Kier alpha value is -3.07. The van der Waals surface area contributed by atoms with Crippen molar-refractivity contribution in [3.8, 4) is 5.75 Å². The van der Waals surface area contributed by atoms with Crippen LogP contribution >= 0.6 is 0 Å². The highest BCUT2D eigenvalue weighted by molar-refractivity contribution is 5.97. The van der Waals surface area contributed by atoms with Gasteiger partial charge >= 0.3 is 0 Å². The average Bonchev–Trinajstić information content (AvgIpc) is 3.01. The Kier molecular flexibility index (Phi) is 4.83. The normalized spacial score (nSPS) is 31.7. The van der Waals surface area contributed by atoms with Gasteiger partial charge in [-0.3, -0.25) is 4.79 Å². The molecule has 9 nitrogen and oxygen atoms in total. The van der Waals surface area contributed by atoms with Crippen molar-refractivity contribution in [1.29, 1.82) is 0 Å². The van der Waals surface area contributed by atoms with E-state index in [4.69, 9.17) is 10.5 Å². The van der Waals surface area contributed by atoms with Gasteiger partial charge in [0.05, 0.1) is 24.0 Å². The van der Waals surface area contributed by atoms with Crippen molar-refractivity contribution in [1.82, 2.24) is 9.97 Å². The number of nitrogens with two attached hydrogens (primary N) is 1. The van der Waals surface area contributed by atoms with Gasteiger partial charge in [-0.2, -0.15) is 4.98 Å². The lowest BCUT2D eigenvalue weighted by Gasteiger charge is -2.59. The minimum absolute atomic E-state index is 0.156. The number of hydrogen-bond donors (Lipinski definition) is 5. The van der Waals surface area contributed by atoms with Crippen molar-refractivity contribution in [2.24, 2.45) is 23.5 Å². The van der Waals surface area contributed by atoms with Crippen LogP contribution in [0.3, 0.4) is 0 Å². The number of aliphatic hydroxyl groups is 1. The Balaban J connectivity index is 1.27. The summed E-state index contributed by atoms with van der Waals surface area (Å²) in [5.41, 5.74) is 7.54. The minimum Gasteiger partial charge on any atom is -0.491 e. The fourth-order valence-electron chi connectivity index (χ4n) is 6.60. The molecule has 174 valence electrons. The van der Waals surface area contributed by atoms with Gasteiger partial charge in [0, 0.05) is 24.0 Å². The molecule has 4 aliphatic carbocycles. The molecule has 0 spiro atoms. The van der Waals surface area contributed by atoms with Crippen LogP contribution in [0.2, 0.25) is 0 Å². The number of aliphatic hydroxyl groups excluding tert-OH is 1. The summed E-state index contributed by atoms with van der Waals surface area (Å²) in [7, 11) is 0. The number of benzene rings is 1. The summed E-state index contributed by atoms with van der Waals surface area (Å²) in [5, 5.41) is 20.8. The summed E-state index contributed by atoms with van der Waals surface area (Å²) >= 11 is 0. The van der Waals surface area contributed by atoms with E-state index in [9.17, 15) is 9.90 Å². The van der Waals surface area contributed by atoms with Crippen LogP contribution in [0, 0.1) is 17.8 Å². The van der Waals surface area contributed by atoms with Gasteiger partial charge in [-0.1, -0.05) is 0 Å². The first-order valence-corrected chi connectivity index (χ1v) is 11.9. The van der Waals surface area contributed by atoms with Crippen LogP contribution in [0.25, 0.3) is 0 Å². The van der Waals surface area contributed by atoms with E-state index in [1.807, 2.05) is 18.2 Å². The van der Waals surface area contributed by atoms with Crippen LogP contribution in [0.15, 0.2) is 24.4 Å². The highest BCUT2D eigenvalue weighted by Gasteiger charge is 2.55. The van der Waals surface area contributed by atoms with Gasteiger partial charge in [-0.25, -0.2) is 4.98 Å². The highest BCUT2D eigenvalue weighted by Crippen LogP contribution is 2.56. The first-order chi connectivity index (χ1) is 16.0. The molecule has 6 N–H and O–H groups in total. The number of aromatic nitrogens is 2. The fourth-order valence-corrected chi connectivity index (χ4v) is 6.60. The van der Waals surface area contributed by atoms with Gasteiger partial charge in [-0.15, -0.1) is 0 Å². The Morgan fingerprint density at radius 1 is 1.24 bits per heavy atom. The lowest BCUT2D eigenvalue weighted by atomic mass is 9.52. The van der Waals surface area contributed by atoms with E-state index in [1.54, 1.807) is 0 Å². The summed E-state index contributed by atoms with van der Waals surface area (Å²) in [5.74, 6) is 2.37. The molecule has 1 aromatic heterocycles. The van der Waals surface area contributed by atoms with Crippen LogP contribution in [0.5, 0.6) is 5.75 Å². The summed E-state index contributed by atoms with van der Waals surface area (Å²) < 4.78 is 5.76. The lowest BCUT2D eigenvalue weighted by Crippen LogP contribution is -2.60. The molecule has 9 heteroatoms. The molecule has 1 aliphatic heterocycles. The molecule has 4 fully saturated rings. The van der Waals surface area contributed by atoms with E-state index >= 15 is 0 Å². The van der Waals surface area contributed by atoms with Gasteiger partial charge in [0.25, 0.3) is 5.91 Å². The summed E-state index contributed by atoms with van der Waals surface area (Å²) in [6, 6.07) is 5.82. The van der Waals surface area contributed by atoms with E-state index in [1.165, 1.54) is 6.20 Å². The van der Waals surface area contributed by atoms with Crippen molar-refractivity contribution in [2.75, 3.05) is 29.1 Å². The second-order valence-corrected chi connectivity index (χ2v) is 10.2. The second-order valence-electron chi connectivity index (χ2n) is 10.2. The first-order valence-electron chi connectivity index (χ1n) is 11.9. The molecular formula is C24H30N6O3. The maximum absolute atomic E-state index is 12.1. The molecule has 2 aromatic rings. The number of anilines is 4. The maximum Gasteiger partial charge on any atom is 0.254 e. The Morgan fingerprint density at radius 2 is 2.06 bits per heavy atom. The van der Waals surface area contributed by atoms with Crippen LogP contribution in [0.4, 0.5) is 23.1 Å². The summed E-state index contributed by atoms with van der Waals surface area (Å²) in [6.45, 7) is 1.55. The predicted octanol–water partition coefficient (Wildman–Crippen LogP) is 2.87. The summed E-state index contributed by atoms with van der Waals surface area (Å²) in [4.78, 5) is 21.1. The largest absolute Gasteiger partial charge is 0.491 e. The van der Waals surface area contributed by atoms with Crippen LogP contribution in [0.1, 0.15) is 48.9 Å². The third kappa shape index (κ3) is 3.74. The molecule has 1 amide bonds. The Labute approximate surface area is 192 Å². The zero-order valence-corrected chi connectivity index (χ0v) is 18.5. The molecule has 0 radical (unpaired) electrons. The monoisotopic (exact) mass is 450 g/mol. The molecule has 7 rings (SSSR count). The van der Waals surface area contributed by atoms with E-state index in [2.05, 4.69) is 25.9 Å². The molecule has 2 atom stereocenters. The van der Waals surface area contributed by atoms with Crippen molar-refractivity contribution >= 4 is 29.0 Å². The summed E-state index contributed by atoms with van der Waals surface area (Å²) in [6.07, 6.45) is 7.23. The third-order valence-electron chi connectivity index (χ3n) is 7.79. The van der Waals surface area contributed by atoms with Crippen molar-refractivity contribution in [2.45, 2.75) is 50.2 Å². The molecule has 4 saturated carbocycles. The Morgan fingerprint density at radius 3 is 2.85 bits per heavy atom. The number of amides is 1. The smallest absolute Gasteiger partial charge is 0.254 e. The van der Waals surface area contributed by atoms with Gasteiger partial charge in [-0.05, 0) is 74.5 Å². The van der Waals surface area contributed by atoms with E-state index < -0.39 is 5.91 Å². The Bertz CT molecular complexity index is 1080. The van der Waals surface area contributed by atoms with Crippen molar-refractivity contribution in [3.63, 3.8) is 0 Å². The van der Waals surface area contributed by atoms with E-state index in [-0.39, 0.29) is 17.2 Å². The molecule has 0 saturated heterocycles. The molecule has 2 heterocycles.